The first-order valence-corrected chi connectivity index (χ1v) is 8.45. The molecule has 1 aromatic carbocycles. The molecule has 6 nitrogen and oxygen atoms in total. The molecule has 0 aromatic heterocycles. The molecule has 1 aromatic rings. The summed E-state index contributed by atoms with van der Waals surface area (Å²) in [7, 11) is -3.34. The molecule has 0 bridgehead atoms. The molecule has 0 aliphatic heterocycles. The van der Waals surface area contributed by atoms with Crippen molar-refractivity contribution in [3.63, 3.8) is 0 Å². The van der Waals surface area contributed by atoms with Crippen molar-refractivity contribution in [3.05, 3.63) is 28.2 Å². The third-order valence-electron chi connectivity index (χ3n) is 2.41. The normalized spacial score (nSPS) is 12.2. The van der Waals surface area contributed by atoms with Gasteiger partial charge in [0.15, 0.2) is 0 Å². The molecule has 0 heterocycles. The molecule has 0 unspecified atom stereocenters. The van der Waals surface area contributed by atoms with Crippen LogP contribution in [0.15, 0.2) is 22.7 Å². The van der Waals surface area contributed by atoms with Gasteiger partial charge in [0, 0.05) is 22.2 Å². The van der Waals surface area contributed by atoms with Crippen molar-refractivity contribution >= 4 is 37.6 Å². The lowest BCUT2D eigenvalue weighted by atomic mass is 10.1. The molecule has 3 N–H and O–H groups in total. The van der Waals surface area contributed by atoms with Crippen LogP contribution in [0.4, 0.5) is 5.69 Å². The van der Waals surface area contributed by atoms with Crippen LogP contribution in [0.3, 0.4) is 0 Å². The number of aromatic carboxylic acids is 1. The van der Waals surface area contributed by atoms with Crippen LogP contribution in [0.5, 0.6) is 0 Å². The molecule has 112 valence electrons. The van der Waals surface area contributed by atoms with Crippen molar-refractivity contribution in [2.45, 2.75) is 19.4 Å². The highest BCUT2D eigenvalue weighted by Crippen LogP contribution is 2.25. The van der Waals surface area contributed by atoms with E-state index in [1.165, 1.54) is 0 Å². The number of carboxylic acid groups (broad SMARTS) is 1. The van der Waals surface area contributed by atoms with E-state index < -0.39 is 21.5 Å². The van der Waals surface area contributed by atoms with Gasteiger partial charge in [0.1, 0.15) is 0 Å². The van der Waals surface area contributed by atoms with Crippen LogP contribution in [0.1, 0.15) is 24.2 Å². The Bertz CT molecular complexity index is 614. The number of rotatable bonds is 6. The van der Waals surface area contributed by atoms with Crippen LogP contribution >= 0.6 is 15.9 Å². The first kappa shape index (κ1) is 16.9. The molecule has 0 saturated carbocycles. The zero-order chi connectivity index (χ0) is 15.6. The quantitative estimate of drug-likeness (QED) is 0.716. The van der Waals surface area contributed by atoms with Gasteiger partial charge in [0.2, 0.25) is 10.0 Å². The van der Waals surface area contributed by atoms with Crippen LogP contribution in [0.2, 0.25) is 0 Å². The average Bonchev–Trinajstić information content (AvgIpc) is 2.22. The predicted molar refractivity (Wildman–Crippen MR) is 81.6 cm³/mol. The summed E-state index contributed by atoms with van der Waals surface area (Å²) >= 11 is 3.18. The molecule has 0 aliphatic carbocycles. The third kappa shape index (κ3) is 5.10. The van der Waals surface area contributed by atoms with Gasteiger partial charge < -0.3 is 10.4 Å². The maximum atomic E-state index is 11.2. The highest BCUT2D eigenvalue weighted by atomic mass is 79.9. The molecule has 0 radical (unpaired) electrons. The van der Waals surface area contributed by atoms with E-state index in [1.54, 1.807) is 32.0 Å². The maximum absolute atomic E-state index is 11.2. The molecule has 8 heteroatoms. The van der Waals surface area contributed by atoms with E-state index in [9.17, 15) is 18.3 Å². The summed E-state index contributed by atoms with van der Waals surface area (Å²) in [6, 6.07) is 4.97. The molecule has 0 atom stereocenters. The van der Waals surface area contributed by atoms with E-state index >= 15 is 0 Å². The Morgan fingerprint density at radius 2 is 2.00 bits per heavy atom. The minimum atomic E-state index is -3.34. The van der Waals surface area contributed by atoms with Crippen LogP contribution in [0, 0.1) is 0 Å². The molecule has 0 spiro atoms. The SMILES string of the molecule is CC(C)(CNc1cccc(Br)c1C(=O)O)NS(C)(=O)=O. The molecular formula is C12H17BrN2O4S. The number of benzene rings is 1. The van der Waals surface area contributed by atoms with Gasteiger partial charge in [-0.25, -0.2) is 17.9 Å². The number of nitrogens with one attached hydrogen (secondary N) is 2. The monoisotopic (exact) mass is 364 g/mol. The summed E-state index contributed by atoms with van der Waals surface area (Å²) in [5.41, 5.74) is -0.205. The number of hydrogen-bond donors (Lipinski definition) is 3. The van der Waals surface area contributed by atoms with Gasteiger partial charge in [-0.1, -0.05) is 6.07 Å². The second-order valence-corrected chi connectivity index (χ2v) is 7.68. The lowest BCUT2D eigenvalue weighted by Crippen LogP contribution is -2.47. The molecule has 20 heavy (non-hydrogen) atoms. The fraction of sp³-hybridized carbons (Fsp3) is 0.417. The molecule has 0 fully saturated rings. The molecule has 0 aliphatic rings. The van der Waals surface area contributed by atoms with Crippen molar-refractivity contribution in [1.29, 1.82) is 0 Å². The number of hydrogen-bond acceptors (Lipinski definition) is 4. The van der Waals surface area contributed by atoms with Gasteiger partial charge >= 0.3 is 5.97 Å². The Morgan fingerprint density at radius 1 is 1.40 bits per heavy atom. The van der Waals surface area contributed by atoms with Gasteiger partial charge in [-0.05, 0) is 41.9 Å². The van der Waals surface area contributed by atoms with Crippen LogP contribution < -0.4 is 10.0 Å². The zero-order valence-corrected chi connectivity index (χ0v) is 13.8. The summed E-state index contributed by atoms with van der Waals surface area (Å²) in [6.45, 7) is 3.66. The average molecular weight is 365 g/mol. The van der Waals surface area contributed by atoms with E-state index in [0.717, 1.165) is 6.26 Å². The summed E-state index contributed by atoms with van der Waals surface area (Å²) in [5.74, 6) is -1.06. The minimum Gasteiger partial charge on any atom is -0.478 e. The van der Waals surface area contributed by atoms with E-state index in [0.29, 0.717) is 10.2 Å². The summed E-state index contributed by atoms with van der Waals surface area (Å²) in [6.07, 6.45) is 1.08. The highest BCUT2D eigenvalue weighted by molar-refractivity contribution is 9.10. The van der Waals surface area contributed by atoms with Crippen molar-refractivity contribution < 1.29 is 18.3 Å². The standard InChI is InChI=1S/C12H17BrN2O4S/c1-12(2,15-20(3,18)19)7-14-9-6-4-5-8(13)10(9)11(16)17/h4-6,14-15H,7H2,1-3H3,(H,16,17). The van der Waals surface area contributed by atoms with Gasteiger partial charge in [-0.15, -0.1) is 0 Å². The van der Waals surface area contributed by atoms with Crippen molar-refractivity contribution in [2.24, 2.45) is 0 Å². The molecule has 1 rings (SSSR count). The molecular weight excluding hydrogens is 348 g/mol. The fourth-order valence-electron chi connectivity index (χ4n) is 1.74. The van der Waals surface area contributed by atoms with E-state index in [4.69, 9.17) is 0 Å². The van der Waals surface area contributed by atoms with Gasteiger partial charge in [0.25, 0.3) is 0 Å². The Morgan fingerprint density at radius 3 is 2.50 bits per heavy atom. The summed E-state index contributed by atoms with van der Waals surface area (Å²) in [5, 5.41) is 12.1. The van der Waals surface area contributed by atoms with E-state index in [1.807, 2.05) is 0 Å². The first-order chi connectivity index (χ1) is 9.02. The van der Waals surface area contributed by atoms with Gasteiger partial charge in [-0.2, -0.15) is 0 Å². The molecule has 0 saturated heterocycles. The summed E-state index contributed by atoms with van der Waals surface area (Å²) in [4.78, 5) is 11.2. The largest absolute Gasteiger partial charge is 0.478 e. The zero-order valence-electron chi connectivity index (χ0n) is 11.4. The number of carbonyl (C=O) groups is 1. The smallest absolute Gasteiger partial charge is 0.338 e. The number of carboxylic acids is 1. The predicted octanol–water partition coefficient (Wildman–Crippen LogP) is 1.89. The second-order valence-electron chi connectivity index (χ2n) is 5.08. The Balaban J connectivity index is 2.91. The van der Waals surface area contributed by atoms with Crippen LogP contribution in [-0.4, -0.2) is 37.8 Å². The van der Waals surface area contributed by atoms with Crippen molar-refractivity contribution in [3.8, 4) is 0 Å². The van der Waals surface area contributed by atoms with Crippen LogP contribution in [-0.2, 0) is 10.0 Å². The van der Waals surface area contributed by atoms with Crippen LogP contribution in [0.25, 0.3) is 0 Å². The number of halogens is 1. The first-order valence-electron chi connectivity index (χ1n) is 5.76. The lowest BCUT2D eigenvalue weighted by Gasteiger charge is -2.26. The second kappa shape index (κ2) is 6.11. The van der Waals surface area contributed by atoms with Crippen molar-refractivity contribution in [2.75, 3.05) is 18.1 Å². The minimum absolute atomic E-state index is 0.114. The van der Waals surface area contributed by atoms with E-state index in [2.05, 4.69) is 26.0 Å². The number of anilines is 1. The molecule has 0 amide bonds. The van der Waals surface area contributed by atoms with Gasteiger partial charge in [0.05, 0.1) is 11.8 Å². The van der Waals surface area contributed by atoms with E-state index in [-0.39, 0.29) is 12.1 Å². The maximum Gasteiger partial charge on any atom is 0.338 e. The van der Waals surface area contributed by atoms with Crippen molar-refractivity contribution in [1.82, 2.24) is 4.72 Å². The summed E-state index contributed by atoms with van der Waals surface area (Å²) < 4.78 is 25.4. The Hall–Kier alpha value is -1.12. The topological polar surface area (TPSA) is 95.5 Å². The fourth-order valence-corrected chi connectivity index (χ4v) is 3.35. The Kier molecular flexibility index (Phi) is 5.17. The Labute approximate surface area is 126 Å². The highest BCUT2D eigenvalue weighted by Gasteiger charge is 2.23. The number of sulfonamides is 1. The van der Waals surface area contributed by atoms with Gasteiger partial charge in [-0.3, -0.25) is 0 Å². The lowest BCUT2D eigenvalue weighted by molar-refractivity contribution is 0.0697. The third-order valence-corrected chi connectivity index (χ3v) is 3.99.